The van der Waals surface area contributed by atoms with Crippen LogP contribution in [0.2, 0.25) is 0 Å². The third-order valence-corrected chi connectivity index (χ3v) is 5.65. The van der Waals surface area contributed by atoms with Gasteiger partial charge in [0.05, 0.1) is 0 Å². The highest BCUT2D eigenvalue weighted by Crippen LogP contribution is 2.32. The number of fused-ring (bicyclic) bond motifs is 1. The molecule has 2 unspecified atom stereocenters. The molecule has 3 aromatic rings. The molecule has 1 fully saturated rings. The lowest BCUT2D eigenvalue weighted by Gasteiger charge is -2.30. The van der Waals surface area contributed by atoms with E-state index in [1.54, 1.807) is 0 Å². The van der Waals surface area contributed by atoms with E-state index in [4.69, 9.17) is 0 Å². The Balaban J connectivity index is 1.35. The summed E-state index contributed by atoms with van der Waals surface area (Å²) in [4.78, 5) is 0. The fourth-order valence-corrected chi connectivity index (χ4v) is 4.32. The minimum absolute atomic E-state index is 0.661. The summed E-state index contributed by atoms with van der Waals surface area (Å²) in [5.41, 5.74) is 2.98. The molecule has 1 heteroatoms. The highest BCUT2D eigenvalue weighted by Gasteiger charge is 2.22. The van der Waals surface area contributed by atoms with Crippen molar-refractivity contribution in [2.45, 2.75) is 44.1 Å². The molecule has 0 aromatic heterocycles. The average Bonchev–Trinajstić information content (AvgIpc) is 2.69. The summed E-state index contributed by atoms with van der Waals surface area (Å²) in [5, 5.41) is 6.58. The maximum absolute atomic E-state index is 3.83. The van der Waals surface area contributed by atoms with Crippen molar-refractivity contribution < 1.29 is 0 Å². The Bertz CT molecular complexity index is 803. The average molecular weight is 329 g/mol. The maximum atomic E-state index is 3.83. The van der Waals surface area contributed by atoms with Crippen LogP contribution in [-0.4, -0.2) is 12.6 Å². The van der Waals surface area contributed by atoms with E-state index < -0.39 is 0 Å². The van der Waals surface area contributed by atoms with Crippen molar-refractivity contribution in [3.05, 3.63) is 83.9 Å². The molecule has 0 radical (unpaired) electrons. The van der Waals surface area contributed by atoms with E-state index in [0.29, 0.717) is 6.04 Å². The fourth-order valence-electron chi connectivity index (χ4n) is 4.32. The van der Waals surface area contributed by atoms with Crippen molar-refractivity contribution in [1.82, 2.24) is 5.32 Å². The van der Waals surface area contributed by atoms with Crippen LogP contribution in [0.1, 0.15) is 42.7 Å². The number of rotatable bonds is 5. The molecular weight excluding hydrogens is 302 g/mol. The van der Waals surface area contributed by atoms with Gasteiger partial charge in [0, 0.05) is 6.04 Å². The first kappa shape index (κ1) is 16.4. The van der Waals surface area contributed by atoms with Crippen LogP contribution < -0.4 is 5.32 Å². The van der Waals surface area contributed by atoms with Gasteiger partial charge >= 0.3 is 0 Å². The number of hydrogen-bond donors (Lipinski definition) is 1. The van der Waals surface area contributed by atoms with Gasteiger partial charge in [0.1, 0.15) is 0 Å². The third kappa shape index (κ3) is 3.93. The van der Waals surface area contributed by atoms with Gasteiger partial charge in [-0.15, -0.1) is 0 Å². The van der Waals surface area contributed by atoms with E-state index in [-0.39, 0.29) is 0 Å². The highest BCUT2D eigenvalue weighted by atomic mass is 14.9. The number of benzene rings is 3. The monoisotopic (exact) mass is 329 g/mol. The van der Waals surface area contributed by atoms with E-state index >= 15 is 0 Å². The van der Waals surface area contributed by atoms with Gasteiger partial charge in [0.15, 0.2) is 0 Å². The molecule has 4 rings (SSSR count). The molecule has 0 bridgehead atoms. The molecule has 0 heterocycles. The van der Waals surface area contributed by atoms with Gasteiger partial charge in [-0.05, 0) is 60.0 Å². The quantitative estimate of drug-likeness (QED) is 0.633. The molecule has 1 aliphatic rings. The molecule has 25 heavy (non-hydrogen) atoms. The normalized spacial score (nSPS) is 20.6. The van der Waals surface area contributed by atoms with Gasteiger partial charge in [-0.25, -0.2) is 0 Å². The molecule has 2 atom stereocenters. The Morgan fingerprint density at radius 1 is 0.800 bits per heavy atom. The van der Waals surface area contributed by atoms with Gasteiger partial charge < -0.3 is 5.32 Å². The standard InChI is InChI=1S/C24H27N/c1-2-8-19(9-3-1)22-13-7-14-23(18-22)25-17-16-21-12-6-11-20-10-4-5-15-24(20)21/h1-6,8-12,15,22-23,25H,7,13-14,16-18H2. The van der Waals surface area contributed by atoms with Crippen LogP contribution in [0.25, 0.3) is 10.8 Å². The van der Waals surface area contributed by atoms with Crippen molar-refractivity contribution in [3.63, 3.8) is 0 Å². The molecule has 1 nitrogen and oxygen atoms in total. The van der Waals surface area contributed by atoms with Gasteiger partial charge in [-0.1, -0.05) is 79.2 Å². The summed E-state index contributed by atoms with van der Waals surface area (Å²) >= 11 is 0. The molecule has 1 saturated carbocycles. The van der Waals surface area contributed by atoms with Crippen molar-refractivity contribution in [2.24, 2.45) is 0 Å². The van der Waals surface area contributed by atoms with Crippen molar-refractivity contribution in [2.75, 3.05) is 6.54 Å². The van der Waals surface area contributed by atoms with Crippen LogP contribution in [0, 0.1) is 0 Å². The van der Waals surface area contributed by atoms with Crippen molar-refractivity contribution >= 4 is 10.8 Å². The largest absolute Gasteiger partial charge is 0.314 e. The molecule has 3 aromatic carbocycles. The molecule has 0 saturated heterocycles. The predicted molar refractivity (Wildman–Crippen MR) is 107 cm³/mol. The van der Waals surface area contributed by atoms with Crippen molar-refractivity contribution in [3.8, 4) is 0 Å². The number of nitrogens with one attached hydrogen (secondary N) is 1. The lowest BCUT2D eigenvalue weighted by Crippen LogP contribution is -2.34. The van der Waals surface area contributed by atoms with Gasteiger partial charge in [0.2, 0.25) is 0 Å². The highest BCUT2D eigenvalue weighted by molar-refractivity contribution is 5.85. The predicted octanol–water partition coefficient (Wildman–Crippen LogP) is 5.70. The van der Waals surface area contributed by atoms with Gasteiger partial charge in [-0.2, -0.15) is 0 Å². The molecule has 128 valence electrons. The second kappa shape index (κ2) is 7.84. The minimum atomic E-state index is 0.661. The van der Waals surface area contributed by atoms with Crippen LogP contribution in [0.5, 0.6) is 0 Å². The number of hydrogen-bond acceptors (Lipinski definition) is 1. The van der Waals surface area contributed by atoms with Gasteiger partial charge in [0.25, 0.3) is 0 Å². The van der Waals surface area contributed by atoms with Gasteiger partial charge in [-0.3, -0.25) is 0 Å². The molecule has 1 aliphatic carbocycles. The summed E-state index contributed by atoms with van der Waals surface area (Å²) in [6.45, 7) is 1.07. The zero-order valence-electron chi connectivity index (χ0n) is 14.8. The van der Waals surface area contributed by atoms with E-state index in [1.807, 2.05) is 0 Å². The lowest BCUT2D eigenvalue weighted by atomic mass is 9.81. The molecule has 1 N–H and O–H groups in total. The van der Waals surface area contributed by atoms with E-state index in [9.17, 15) is 0 Å². The Kier molecular flexibility index (Phi) is 5.13. The van der Waals surface area contributed by atoms with Crippen LogP contribution in [0.4, 0.5) is 0 Å². The zero-order chi connectivity index (χ0) is 16.9. The SMILES string of the molecule is c1ccc(C2CCCC(NCCc3cccc4ccccc34)C2)cc1. The topological polar surface area (TPSA) is 12.0 Å². The minimum Gasteiger partial charge on any atom is -0.314 e. The zero-order valence-corrected chi connectivity index (χ0v) is 14.8. The Labute approximate surface area is 151 Å². The van der Waals surface area contributed by atoms with Crippen LogP contribution >= 0.6 is 0 Å². The first-order valence-corrected chi connectivity index (χ1v) is 9.65. The second-order valence-corrected chi connectivity index (χ2v) is 7.31. The Hall–Kier alpha value is -2.12. The summed E-state index contributed by atoms with van der Waals surface area (Å²) in [6.07, 6.45) is 6.38. The van der Waals surface area contributed by atoms with Crippen LogP contribution in [0.3, 0.4) is 0 Å². The molecular formula is C24H27N. The second-order valence-electron chi connectivity index (χ2n) is 7.31. The lowest BCUT2D eigenvalue weighted by molar-refractivity contribution is 0.341. The Morgan fingerprint density at radius 2 is 1.60 bits per heavy atom. The van der Waals surface area contributed by atoms with E-state index in [0.717, 1.165) is 18.9 Å². The summed E-state index contributed by atoms with van der Waals surface area (Å²) in [6, 6.07) is 27.1. The fraction of sp³-hybridized carbons (Fsp3) is 0.333. The van der Waals surface area contributed by atoms with Crippen LogP contribution in [0.15, 0.2) is 72.8 Å². The third-order valence-electron chi connectivity index (χ3n) is 5.65. The van der Waals surface area contributed by atoms with E-state index in [1.165, 1.54) is 47.6 Å². The molecule has 0 spiro atoms. The summed E-state index contributed by atoms with van der Waals surface area (Å²) in [5.74, 6) is 0.727. The smallest absolute Gasteiger partial charge is 0.00730 e. The van der Waals surface area contributed by atoms with Crippen LogP contribution in [-0.2, 0) is 6.42 Å². The maximum Gasteiger partial charge on any atom is 0.00730 e. The Morgan fingerprint density at radius 3 is 2.52 bits per heavy atom. The van der Waals surface area contributed by atoms with Crippen molar-refractivity contribution in [1.29, 1.82) is 0 Å². The van der Waals surface area contributed by atoms with E-state index in [2.05, 4.69) is 78.1 Å². The summed E-state index contributed by atoms with van der Waals surface area (Å²) < 4.78 is 0. The summed E-state index contributed by atoms with van der Waals surface area (Å²) in [7, 11) is 0. The first-order valence-electron chi connectivity index (χ1n) is 9.65. The first-order chi connectivity index (χ1) is 12.4. The molecule has 0 aliphatic heterocycles. The molecule has 0 amide bonds.